The molecule has 2 rings (SSSR count). The summed E-state index contributed by atoms with van der Waals surface area (Å²) < 4.78 is 4.94. The smallest absolute Gasteiger partial charge is 0.341 e. The number of anilines is 1. The van der Waals surface area contributed by atoms with Crippen molar-refractivity contribution in [2.45, 2.75) is 13.3 Å². The third kappa shape index (κ3) is 4.14. The van der Waals surface area contributed by atoms with Crippen molar-refractivity contribution in [2.24, 2.45) is 0 Å². The van der Waals surface area contributed by atoms with Crippen molar-refractivity contribution in [3.8, 4) is 0 Å². The Morgan fingerprint density at radius 3 is 2.62 bits per heavy atom. The maximum atomic E-state index is 12.0. The largest absolute Gasteiger partial charge is 0.462 e. The van der Waals surface area contributed by atoms with Gasteiger partial charge < -0.3 is 10.1 Å². The van der Waals surface area contributed by atoms with E-state index in [0.717, 1.165) is 5.56 Å². The molecule has 0 aliphatic rings. The van der Waals surface area contributed by atoms with Gasteiger partial charge in [0.1, 0.15) is 11.4 Å². The lowest BCUT2D eigenvalue weighted by Gasteiger charge is -2.09. The summed E-state index contributed by atoms with van der Waals surface area (Å²) >= 11 is 0. The first kappa shape index (κ1) is 14.7. The van der Waals surface area contributed by atoms with Crippen LogP contribution in [0.1, 0.15) is 22.8 Å². The second kappa shape index (κ2) is 7.19. The van der Waals surface area contributed by atoms with Gasteiger partial charge in [-0.2, -0.15) is 0 Å². The fourth-order valence-corrected chi connectivity index (χ4v) is 1.84. The normalized spacial score (nSPS) is 9.95. The highest BCUT2D eigenvalue weighted by atomic mass is 16.5. The summed E-state index contributed by atoms with van der Waals surface area (Å²) in [5.74, 6) is -0.511. The van der Waals surface area contributed by atoms with Crippen molar-refractivity contribution in [2.75, 3.05) is 11.9 Å². The molecule has 0 saturated carbocycles. The second-order valence-corrected chi connectivity index (χ2v) is 4.33. The van der Waals surface area contributed by atoms with Crippen LogP contribution in [0.3, 0.4) is 0 Å². The number of amides is 1. The van der Waals surface area contributed by atoms with Gasteiger partial charge in [-0.05, 0) is 24.6 Å². The van der Waals surface area contributed by atoms with Crippen LogP contribution >= 0.6 is 0 Å². The lowest BCUT2D eigenvalue weighted by Crippen LogP contribution is -2.18. The maximum absolute atomic E-state index is 12.0. The van der Waals surface area contributed by atoms with Crippen molar-refractivity contribution < 1.29 is 14.3 Å². The van der Waals surface area contributed by atoms with Crippen LogP contribution in [-0.4, -0.2) is 23.5 Å². The number of nitrogens with zero attached hydrogens (tertiary/aromatic N) is 1. The molecule has 108 valence electrons. The zero-order chi connectivity index (χ0) is 15.1. The second-order valence-electron chi connectivity index (χ2n) is 4.33. The summed E-state index contributed by atoms with van der Waals surface area (Å²) in [7, 11) is 0. The van der Waals surface area contributed by atoms with Gasteiger partial charge >= 0.3 is 5.97 Å². The number of aromatic nitrogens is 1. The number of benzene rings is 1. The average molecular weight is 284 g/mol. The number of hydrogen-bond acceptors (Lipinski definition) is 4. The van der Waals surface area contributed by atoms with Gasteiger partial charge in [-0.3, -0.25) is 4.79 Å². The molecular weight excluding hydrogens is 268 g/mol. The number of rotatable bonds is 5. The molecule has 21 heavy (non-hydrogen) atoms. The number of esters is 1. The van der Waals surface area contributed by atoms with Crippen LogP contribution < -0.4 is 5.32 Å². The topological polar surface area (TPSA) is 68.3 Å². The first-order chi connectivity index (χ1) is 10.2. The van der Waals surface area contributed by atoms with Gasteiger partial charge in [0.05, 0.1) is 13.0 Å². The summed E-state index contributed by atoms with van der Waals surface area (Å²) in [5, 5.41) is 2.65. The molecule has 0 spiro atoms. The molecule has 2 aromatic rings. The van der Waals surface area contributed by atoms with E-state index in [-0.39, 0.29) is 30.3 Å². The quantitative estimate of drug-likeness (QED) is 0.856. The number of pyridine rings is 1. The summed E-state index contributed by atoms with van der Waals surface area (Å²) in [6.45, 7) is 1.99. The molecule has 0 bridgehead atoms. The van der Waals surface area contributed by atoms with E-state index >= 15 is 0 Å². The van der Waals surface area contributed by atoms with Gasteiger partial charge in [-0.1, -0.05) is 30.3 Å². The molecule has 0 atom stereocenters. The molecule has 0 fully saturated rings. The van der Waals surface area contributed by atoms with E-state index in [9.17, 15) is 9.59 Å². The Morgan fingerprint density at radius 1 is 1.14 bits per heavy atom. The summed E-state index contributed by atoms with van der Waals surface area (Å²) in [5.41, 5.74) is 1.14. The molecule has 5 nitrogen and oxygen atoms in total. The molecule has 0 radical (unpaired) electrons. The number of carbonyl (C=O) groups excluding carboxylic acids is 2. The predicted molar refractivity (Wildman–Crippen MR) is 79.0 cm³/mol. The van der Waals surface area contributed by atoms with Gasteiger partial charge in [0.15, 0.2) is 0 Å². The monoisotopic (exact) mass is 284 g/mol. The Morgan fingerprint density at radius 2 is 1.90 bits per heavy atom. The van der Waals surface area contributed by atoms with Crippen LogP contribution in [0.4, 0.5) is 5.82 Å². The highest BCUT2D eigenvalue weighted by molar-refractivity contribution is 6.00. The minimum absolute atomic E-state index is 0.219. The zero-order valence-electron chi connectivity index (χ0n) is 11.7. The molecular formula is C16H16N2O3. The van der Waals surface area contributed by atoms with E-state index in [2.05, 4.69) is 10.3 Å². The molecule has 1 heterocycles. The molecule has 0 unspecified atom stereocenters. The van der Waals surface area contributed by atoms with Gasteiger partial charge in [0, 0.05) is 6.20 Å². The van der Waals surface area contributed by atoms with E-state index in [1.54, 1.807) is 19.1 Å². The van der Waals surface area contributed by atoms with Crippen LogP contribution in [-0.2, 0) is 16.0 Å². The Balaban J connectivity index is 2.09. The van der Waals surface area contributed by atoms with Gasteiger partial charge in [0.25, 0.3) is 0 Å². The van der Waals surface area contributed by atoms with Crippen molar-refractivity contribution in [1.82, 2.24) is 4.98 Å². The first-order valence-corrected chi connectivity index (χ1v) is 6.66. The number of ether oxygens (including phenoxy) is 1. The SMILES string of the molecule is CCOC(=O)c1cccnc1NC(=O)Cc1ccccc1. The number of hydrogen-bond donors (Lipinski definition) is 1. The van der Waals surface area contributed by atoms with Crippen molar-refractivity contribution in [1.29, 1.82) is 0 Å². The predicted octanol–water partition coefficient (Wildman–Crippen LogP) is 2.44. The fraction of sp³-hybridized carbons (Fsp3) is 0.188. The molecule has 0 aliphatic carbocycles. The first-order valence-electron chi connectivity index (χ1n) is 6.66. The summed E-state index contributed by atoms with van der Waals surface area (Å²) in [6.07, 6.45) is 1.74. The van der Waals surface area contributed by atoms with Crippen LogP contribution in [0.25, 0.3) is 0 Å². The summed E-state index contributed by atoms with van der Waals surface area (Å²) in [6, 6.07) is 12.6. The Labute approximate surface area is 123 Å². The summed E-state index contributed by atoms with van der Waals surface area (Å²) in [4.78, 5) is 27.8. The fourth-order valence-electron chi connectivity index (χ4n) is 1.84. The molecule has 1 aromatic carbocycles. The van der Waals surface area contributed by atoms with Gasteiger partial charge in [-0.15, -0.1) is 0 Å². The van der Waals surface area contributed by atoms with E-state index in [1.165, 1.54) is 6.20 Å². The van der Waals surface area contributed by atoms with Crippen molar-refractivity contribution >= 4 is 17.7 Å². The van der Waals surface area contributed by atoms with E-state index in [4.69, 9.17) is 4.74 Å². The highest BCUT2D eigenvalue weighted by Crippen LogP contribution is 2.13. The Bertz CT molecular complexity index is 626. The van der Waals surface area contributed by atoms with Crippen LogP contribution in [0, 0.1) is 0 Å². The van der Waals surface area contributed by atoms with E-state index in [0.29, 0.717) is 0 Å². The minimum Gasteiger partial charge on any atom is -0.462 e. The maximum Gasteiger partial charge on any atom is 0.341 e. The van der Waals surface area contributed by atoms with Crippen LogP contribution in [0.2, 0.25) is 0 Å². The molecule has 0 aliphatic heterocycles. The number of carbonyl (C=O) groups is 2. The van der Waals surface area contributed by atoms with Crippen LogP contribution in [0.5, 0.6) is 0 Å². The van der Waals surface area contributed by atoms with Crippen molar-refractivity contribution in [3.05, 3.63) is 59.8 Å². The van der Waals surface area contributed by atoms with E-state index < -0.39 is 5.97 Å². The molecule has 0 saturated heterocycles. The molecule has 1 aromatic heterocycles. The Hall–Kier alpha value is -2.69. The van der Waals surface area contributed by atoms with Gasteiger partial charge in [-0.25, -0.2) is 9.78 Å². The lowest BCUT2D eigenvalue weighted by atomic mass is 10.1. The molecule has 1 amide bonds. The zero-order valence-corrected chi connectivity index (χ0v) is 11.7. The Kier molecular flexibility index (Phi) is 5.04. The minimum atomic E-state index is -0.499. The van der Waals surface area contributed by atoms with Crippen LogP contribution in [0.15, 0.2) is 48.7 Å². The molecule has 5 heteroatoms. The third-order valence-corrected chi connectivity index (χ3v) is 2.77. The average Bonchev–Trinajstić information content (AvgIpc) is 2.49. The molecule has 1 N–H and O–H groups in total. The number of nitrogens with one attached hydrogen (secondary N) is 1. The lowest BCUT2D eigenvalue weighted by molar-refractivity contribution is -0.115. The van der Waals surface area contributed by atoms with Gasteiger partial charge in [0.2, 0.25) is 5.91 Å². The van der Waals surface area contributed by atoms with E-state index in [1.807, 2.05) is 30.3 Å². The van der Waals surface area contributed by atoms with Crippen molar-refractivity contribution in [3.63, 3.8) is 0 Å². The third-order valence-electron chi connectivity index (χ3n) is 2.77. The highest BCUT2D eigenvalue weighted by Gasteiger charge is 2.15. The standard InChI is InChI=1S/C16H16N2O3/c1-2-21-16(20)13-9-6-10-17-15(13)18-14(19)11-12-7-4-3-5-8-12/h3-10H,2,11H2,1H3,(H,17,18,19).